The van der Waals surface area contributed by atoms with Gasteiger partial charge in [0.05, 0.1) is 12.3 Å². The number of unbranched alkanes of at least 4 members (excludes halogenated alkanes) is 2. The molecule has 1 aromatic rings. The van der Waals surface area contributed by atoms with Crippen LogP contribution in [0.2, 0.25) is 0 Å². The van der Waals surface area contributed by atoms with Crippen molar-refractivity contribution in [2.75, 3.05) is 18.9 Å². The molecule has 1 aromatic carbocycles. The third-order valence-electron chi connectivity index (χ3n) is 2.83. The molecule has 0 aromatic heterocycles. The van der Waals surface area contributed by atoms with Gasteiger partial charge in [-0.2, -0.15) is 0 Å². The minimum Gasteiger partial charge on any atom is -0.491 e. The fourth-order valence-electron chi connectivity index (χ4n) is 1.72. The quantitative estimate of drug-likeness (QED) is 0.532. The molecule has 0 heterocycles. The Bertz CT molecular complexity index is 380. The molecule has 0 aliphatic heterocycles. The molecule has 19 heavy (non-hydrogen) atoms. The Balaban J connectivity index is 2.07. The maximum atomic E-state index is 11.5. The summed E-state index contributed by atoms with van der Waals surface area (Å²) >= 11 is 0. The second kappa shape index (κ2) is 9.25. The Morgan fingerprint density at radius 1 is 1.26 bits per heavy atom. The average Bonchev–Trinajstić information content (AvgIpc) is 2.41. The molecule has 0 atom stereocenters. The maximum absolute atomic E-state index is 11.5. The third-order valence-corrected chi connectivity index (χ3v) is 2.83. The molecule has 0 spiro atoms. The molecule has 0 saturated carbocycles. The zero-order valence-electron chi connectivity index (χ0n) is 11.7. The van der Waals surface area contributed by atoms with Gasteiger partial charge in [0.1, 0.15) is 5.75 Å². The molecular formula is C15H24N2O2. The molecule has 106 valence electrons. The van der Waals surface area contributed by atoms with Crippen LogP contribution in [-0.4, -0.2) is 19.1 Å². The number of rotatable bonds is 9. The van der Waals surface area contributed by atoms with Crippen LogP contribution in [0.4, 0.5) is 5.69 Å². The molecule has 0 unspecified atom stereocenters. The Hall–Kier alpha value is -1.71. The lowest BCUT2D eigenvalue weighted by atomic mass is 10.2. The number of hydrogen-bond donors (Lipinski definition) is 2. The van der Waals surface area contributed by atoms with Crippen LogP contribution in [0.1, 0.15) is 39.0 Å². The van der Waals surface area contributed by atoms with E-state index in [9.17, 15) is 4.79 Å². The molecule has 4 nitrogen and oxygen atoms in total. The number of ether oxygens (including phenoxy) is 1. The molecule has 0 aliphatic carbocycles. The third kappa shape index (κ3) is 6.70. The number of carbonyl (C=O) groups excluding carboxylic acids is 1. The standard InChI is InChI=1S/C15H24N2O2/c1-2-3-6-11-17-15(18)10-7-12-19-14-9-5-4-8-13(14)16/h4-5,8-9H,2-3,6-7,10-12,16H2,1H3,(H,17,18). The zero-order chi connectivity index (χ0) is 13.9. The van der Waals surface area contributed by atoms with Crippen LogP contribution >= 0.6 is 0 Å². The molecule has 4 heteroatoms. The Labute approximate surface area is 115 Å². The van der Waals surface area contributed by atoms with Crippen LogP contribution in [0.3, 0.4) is 0 Å². The van der Waals surface area contributed by atoms with E-state index in [0.717, 1.165) is 19.4 Å². The van der Waals surface area contributed by atoms with E-state index in [4.69, 9.17) is 10.5 Å². The summed E-state index contributed by atoms with van der Waals surface area (Å²) in [6, 6.07) is 7.38. The highest BCUT2D eigenvalue weighted by atomic mass is 16.5. The minimum atomic E-state index is 0.0979. The molecule has 1 rings (SSSR count). The summed E-state index contributed by atoms with van der Waals surface area (Å²) in [5.74, 6) is 0.784. The van der Waals surface area contributed by atoms with Crippen molar-refractivity contribution >= 4 is 11.6 Å². The van der Waals surface area contributed by atoms with Crippen molar-refractivity contribution in [2.24, 2.45) is 0 Å². The second-order valence-electron chi connectivity index (χ2n) is 4.55. The fourth-order valence-corrected chi connectivity index (χ4v) is 1.72. The topological polar surface area (TPSA) is 64.3 Å². The lowest BCUT2D eigenvalue weighted by Gasteiger charge is -2.08. The highest BCUT2D eigenvalue weighted by Gasteiger charge is 2.02. The SMILES string of the molecule is CCCCCNC(=O)CCCOc1ccccc1N. The molecule has 1 amide bonds. The van der Waals surface area contributed by atoms with E-state index in [0.29, 0.717) is 30.9 Å². The number of benzene rings is 1. The van der Waals surface area contributed by atoms with Crippen molar-refractivity contribution in [3.63, 3.8) is 0 Å². The molecule has 0 fully saturated rings. The lowest BCUT2D eigenvalue weighted by Crippen LogP contribution is -2.24. The first-order valence-corrected chi connectivity index (χ1v) is 6.98. The van der Waals surface area contributed by atoms with Crippen molar-refractivity contribution in [1.29, 1.82) is 0 Å². The molecular weight excluding hydrogens is 240 g/mol. The Kier molecular flexibility index (Phi) is 7.47. The number of para-hydroxylation sites is 2. The smallest absolute Gasteiger partial charge is 0.220 e. The predicted molar refractivity (Wildman–Crippen MR) is 78.1 cm³/mol. The first-order chi connectivity index (χ1) is 9.24. The first-order valence-electron chi connectivity index (χ1n) is 6.98. The summed E-state index contributed by atoms with van der Waals surface area (Å²) in [5, 5.41) is 2.91. The zero-order valence-corrected chi connectivity index (χ0v) is 11.7. The number of carbonyl (C=O) groups is 1. The molecule has 0 radical (unpaired) electrons. The highest BCUT2D eigenvalue weighted by Crippen LogP contribution is 2.19. The number of amides is 1. The van der Waals surface area contributed by atoms with Gasteiger partial charge >= 0.3 is 0 Å². The number of hydrogen-bond acceptors (Lipinski definition) is 3. The van der Waals surface area contributed by atoms with Gasteiger partial charge in [-0.25, -0.2) is 0 Å². The summed E-state index contributed by atoms with van der Waals surface area (Å²) in [7, 11) is 0. The van der Waals surface area contributed by atoms with Crippen LogP contribution in [-0.2, 0) is 4.79 Å². The summed E-state index contributed by atoms with van der Waals surface area (Å²) in [6.45, 7) is 3.43. The van der Waals surface area contributed by atoms with E-state index < -0.39 is 0 Å². The largest absolute Gasteiger partial charge is 0.491 e. The fraction of sp³-hybridized carbons (Fsp3) is 0.533. The lowest BCUT2D eigenvalue weighted by molar-refractivity contribution is -0.121. The summed E-state index contributed by atoms with van der Waals surface area (Å²) in [6.07, 6.45) is 4.59. The minimum absolute atomic E-state index is 0.0979. The number of anilines is 1. The van der Waals surface area contributed by atoms with Gasteiger partial charge in [-0.1, -0.05) is 31.9 Å². The van der Waals surface area contributed by atoms with E-state index in [1.54, 1.807) is 6.07 Å². The van der Waals surface area contributed by atoms with Gasteiger partial charge in [-0.3, -0.25) is 4.79 Å². The van der Waals surface area contributed by atoms with E-state index in [2.05, 4.69) is 12.2 Å². The predicted octanol–water partition coefficient (Wildman–Crippen LogP) is 2.73. The molecule has 3 N–H and O–H groups in total. The number of nitrogens with one attached hydrogen (secondary N) is 1. The number of nitrogens with two attached hydrogens (primary N) is 1. The molecule has 0 saturated heterocycles. The Morgan fingerprint density at radius 2 is 2.05 bits per heavy atom. The van der Waals surface area contributed by atoms with Crippen molar-refractivity contribution < 1.29 is 9.53 Å². The van der Waals surface area contributed by atoms with E-state index in [1.807, 2.05) is 18.2 Å². The van der Waals surface area contributed by atoms with Gasteiger partial charge in [-0.15, -0.1) is 0 Å². The molecule has 0 aliphatic rings. The first kappa shape index (κ1) is 15.3. The van der Waals surface area contributed by atoms with Crippen LogP contribution in [0.15, 0.2) is 24.3 Å². The van der Waals surface area contributed by atoms with Crippen LogP contribution in [0, 0.1) is 0 Å². The Morgan fingerprint density at radius 3 is 2.79 bits per heavy atom. The van der Waals surface area contributed by atoms with Crippen LogP contribution in [0.5, 0.6) is 5.75 Å². The van der Waals surface area contributed by atoms with E-state index in [1.165, 1.54) is 6.42 Å². The molecule has 0 bridgehead atoms. The maximum Gasteiger partial charge on any atom is 0.220 e. The van der Waals surface area contributed by atoms with Gasteiger partial charge < -0.3 is 15.8 Å². The van der Waals surface area contributed by atoms with Crippen molar-refractivity contribution in [3.8, 4) is 5.75 Å². The van der Waals surface area contributed by atoms with E-state index >= 15 is 0 Å². The van der Waals surface area contributed by atoms with Crippen molar-refractivity contribution in [1.82, 2.24) is 5.32 Å². The van der Waals surface area contributed by atoms with Crippen LogP contribution < -0.4 is 15.8 Å². The number of nitrogen functional groups attached to an aromatic ring is 1. The van der Waals surface area contributed by atoms with Gasteiger partial charge in [0.25, 0.3) is 0 Å². The monoisotopic (exact) mass is 264 g/mol. The van der Waals surface area contributed by atoms with Gasteiger partial charge in [0, 0.05) is 13.0 Å². The van der Waals surface area contributed by atoms with Gasteiger partial charge in [0.15, 0.2) is 0 Å². The normalized spacial score (nSPS) is 10.2. The van der Waals surface area contributed by atoms with Gasteiger partial charge in [0.2, 0.25) is 5.91 Å². The van der Waals surface area contributed by atoms with Gasteiger partial charge in [-0.05, 0) is 25.0 Å². The second-order valence-corrected chi connectivity index (χ2v) is 4.55. The van der Waals surface area contributed by atoms with E-state index in [-0.39, 0.29) is 5.91 Å². The summed E-state index contributed by atoms with van der Waals surface area (Å²) in [5.41, 5.74) is 6.38. The highest BCUT2D eigenvalue weighted by molar-refractivity contribution is 5.75. The van der Waals surface area contributed by atoms with Crippen LogP contribution in [0.25, 0.3) is 0 Å². The summed E-state index contributed by atoms with van der Waals surface area (Å²) < 4.78 is 5.53. The van der Waals surface area contributed by atoms with Crippen molar-refractivity contribution in [2.45, 2.75) is 39.0 Å². The van der Waals surface area contributed by atoms with Crippen molar-refractivity contribution in [3.05, 3.63) is 24.3 Å². The summed E-state index contributed by atoms with van der Waals surface area (Å²) in [4.78, 5) is 11.5. The average molecular weight is 264 g/mol.